The van der Waals surface area contributed by atoms with Crippen LogP contribution in [0.4, 0.5) is 5.69 Å². The number of benzene rings is 1. The zero-order chi connectivity index (χ0) is 12.8. The number of rotatable bonds is 5. The van der Waals surface area contributed by atoms with E-state index < -0.39 is 6.04 Å². The summed E-state index contributed by atoms with van der Waals surface area (Å²) in [7, 11) is 1.34. The van der Waals surface area contributed by atoms with E-state index in [0.29, 0.717) is 0 Å². The Morgan fingerprint density at radius 3 is 2.41 bits per heavy atom. The van der Waals surface area contributed by atoms with Crippen molar-refractivity contribution in [3.63, 3.8) is 0 Å². The number of carbonyl (C=O) groups is 2. The molecule has 92 valence electrons. The van der Waals surface area contributed by atoms with Gasteiger partial charge in [-0.05, 0) is 24.6 Å². The maximum atomic E-state index is 11.2. The van der Waals surface area contributed by atoms with Crippen LogP contribution in [0.3, 0.4) is 0 Å². The molecule has 0 aliphatic heterocycles. The van der Waals surface area contributed by atoms with Gasteiger partial charge in [0.1, 0.15) is 6.04 Å². The lowest BCUT2D eigenvalue weighted by atomic mass is 10.1. The third-order valence-corrected chi connectivity index (χ3v) is 2.27. The number of hydrogen-bond acceptors (Lipinski definition) is 4. The second kappa shape index (κ2) is 5.89. The number of primary amides is 1. The number of esters is 1. The van der Waals surface area contributed by atoms with Crippen molar-refractivity contribution in [1.82, 2.24) is 0 Å². The molecule has 0 aromatic heterocycles. The minimum absolute atomic E-state index is 0.215. The molecule has 0 bridgehead atoms. The van der Waals surface area contributed by atoms with Crippen molar-refractivity contribution in [3.8, 4) is 0 Å². The van der Waals surface area contributed by atoms with Crippen molar-refractivity contribution < 1.29 is 14.3 Å². The van der Waals surface area contributed by atoms with Crippen LogP contribution in [0.2, 0.25) is 0 Å². The highest BCUT2D eigenvalue weighted by molar-refractivity contribution is 5.79. The van der Waals surface area contributed by atoms with Gasteiger partial charge in [0.05, 0.1) is 13.5 Å². The number of anilines is 1. The number of methoxy groups -OCH3 is 1. The Morgan fingerprint density at radius 1 is 1.35 bits per heavy atom. The third kappa shape index (κ3) is 4.14. The summed E-state index contributed by atoms with van der Waals surface area (Å²) < 4.78 is 4.60. The summed E-state index contributed by atoms with van der Waals surface area (Å²) in [5.74, 6) is -0.695. The summed E-state index contributed by atoms with van der Waals surface area (Å²) in [5, 5.41) is 2.98. The first-order valence-corrected chi connectivity index (χ1v) is 5.24. The quantitative estimate of drug-likeness (QED) is 0.737. The smallest absolute Gasteiger partial charge is 0.327 e. The highest BCUT2D eigenvalue weighted by Gasteiger charge is 2.12. The topological polar surface area (TPSA) is 81.4 Å². The van der Waals surface area contributed by atoms with Crippen LogP contribution in [0.15, 0.2) is 24.3 Å². The maximum absolute atomic E-state index is 11.2. The molecule has 0 heterocycles. The van der Waals surface area contributed by atoms with E-state index in [2.05, 4.69) is 10.1 Å². The Kier molecular flexibility index (Phi) is 4.51. The van der Waals surface area contributed by atoms with Crippen LogP contribution >= 0.6 is 0 Å². The average Bonchev–Trinajstić information content (AvgIpc) is 2.30. The molecule has 1 rings (SSSR count). The van der Waals surface area contributed by atoms with Crippen LogP contribution in [-0.2, 0) is 20.7 Å². The minimum atomic E-state index is -0.415. The normalized spacial score (nSPS) is 11.6. The van der Waals surface area contributed by atoms with Crippen LogP contribution in [0.25, 0.3) is 0 Å². The second-order valence-corrected chi connectivity index (χ2v) is 3.73. The molecule has 3 N–H and O–H groups in total. The predicted octanol–water partition coefficient (Wildman–Crippen LogP) is 0.688. The van der Waals surface area contributed by atoms with Crippen molar-refractivity contribution in [1.29, 1.82) is 0 Å². The molecule has 17 heavy (non-hydrogen) atoms. The van der Waals surface area contributed by atoms with Crippen LogP contribution < -0.4 is 11.1 Å². The molecular weight excluding hydrogens is 220 g/mol. The van der Waals surface area contributed by atoms with E-state index in [4.69, 9.17) is 5.73 Å². The Hall–Kier alpha value is -2.04. The Bertz CT molecular complexity index is 401. The summed E-state index contributed by atoms with van der Waals surface area (Å²) in [6, 6.07) is 6.74. The molecule has 0 spiro atoms. The monoisotopic (exact) mass is 236 g/mol. The van der Waals surface area contributed by atoms with Crippen molar-refractivity contribution in [2.24, 2.45) is 5.73 Å². The van der Waals surface area contributed by atoms with Gasteiger partial charge in [0.15, 0.2) is 0 Å². The molecule has 0 fully saturated rings. The standard InChI is InChI=1S/C12H16N2O3/c1-8(12(16)17-2)14-10-5-3-9(4-6-10)7-11(13)15/h3-6,8,14H,7H2,1-2H3,(H2,13,15). The van der Waals surface area contributed by atoms with E-state index in [-0.39, 0.29) is 18.3 Å². The van der Waals surface area contributed by atoms with Gasteiger partial charge in [0.2, 0.25) is 5.91 Å². The van der Waals surface area contributed by atoms with E-state index in [1.807, 2.05) is 0 Å². The van der Waals surface area contributed by atoms with Crippen LogP contribution in [0.5, 0.6) is 0 Å². The van der Waals surface area contributed by atoms with Crippen molar-refractivity contribution in [2.75, 3.05) is 12.4 Å². The molecule has 1 unspecified atom stereocenters. The Balaban J connectivity index is 2.62. The average molecular weight is 236 g/mol. The van der Waals surface area contributed by atoms with Crippen LogP contribution in [0, 0.1) is 0 Å². The number of ether oxygens (including phenoxy) is 1. The van der Waals surface area contributed by atoms with Crippen molar-refractivity contribution >= 4 is 17.6 Å². The minimum Gasteiger partial charge on any atom is -0.467 e. The Labute approximate surface area is 99.9 Å². The molecule has 0 saturated heterocycles. The zero-order valence-electron chi connectivity index (χ0n) is 9.90. The number of nitrogens with one attached hydrogen (secondary N) is 1. The van der Waals surface area contributed by atoms with Gasteiger partial charge in [-0.2, -0.15) is 0 Å². The molecule has 5 heteroatoms. The fraction of sp³-hybridized carbons (Fsp3) is 0.333. The van der Waals surface area contributed by atoms with Crippen molar-refractivity contribution in [3.05, 3.63) is 29.8 Å². The van der Waals surface area contributed by atoms with Gasteiger partial charge in [-0.25, -0.2) is 4.79 Å². The maximum Gasteiger partial charge on any atom is 0.327 e. The number of amides is 1. The molecule has 5 nitrogen and oxygen atoms in total. The highest BCUT2D eigenvalue weighted by Crippen LogP contribution is 2.11. The van der Waals surface area contributed by atoms with Gasteiger partial charge in [-0.15, -0.1) is 0 Å². The third-order valence-electron chi connectivity index (χ3n) is 2.27. The first kappa shape index (κ1) is 13.0. The molecule has 1 amide bonds. The van der Waals surface area contributed by atoms with Gasteiger partial charge in [0, 0.05) is 5.69 Å². The SMILES string of the molecule is COC(=O)C(C)Nc1ccc(CC(N)=O)cc1. The summed E-state index contributed by atoms with van der Waals surface area (Å²) in [5.41, 5.74) is 6.71. The summed E-state index contributed by atoms with van der Waals surface area (Å²) >= 11 is 0. The van der Waals surface area contributed by atoms with E-state index in [1.54, 1.807) is 31.2 Å². The second-order valence-electron chi connectivity index (χ2n) is 3.73. The van der Waals surface area contributed by atoms with Gasteiger partial charge in [-0.1, -0.05) is 12.1 Å². The van der Waals surface area contributed by atoms with Gasteiger partial charge < -0.3 is 15.8 Å². The Morgan fingerprint density at radius 2 is 1.94 bits per heavy atom. The first-order chi connectivity index (χ1) is 8.02. The molecule has 0 aliphatic rings. The molecule has 1 aromatic rings. The molecule has 1 aromatic carbocycles. The van der Waals surface area contributed by atoms with Crippen molar-refractivity contribution in [2.45, 2.75) is 19.4 Å². The lowest BCUT2D eigenvalue weighted by Gasteiger charge is -2.12. The lowest BCUT2D eigenvalue weighted by Crippen LogP contribution is -2.27. The molecule has 0 aliphatic carbocycles. The number of hydrogen-bond donors (Lipinski definition) is 2. The lowest BCUT2D eigenvalue weighted by molar-refractivity contribution is -0.141. The van der Waals surface area contributed by atoms with E-state index >= 15 is 0 Å². The summed E-state index contributed by atoms with van der Waals surface area (Å²) in [4.78, 5) is 21.9. The van der Waals surface area contributed by atoms with Gasteiger partial charge >= 0.3 is 5.97 Å². The van der Waals surface area contributed by atoms with Gasteiger partial charge in [-0.3, -0.25) is 4.79 Å². The van der Waals surface area contributed by atoms with Crippen LogP contribution in [0.1, 0.15) is 12.5 Å². The largest absolute Gasteiger partial charge is 0.467 e. The molecule has 1 atom stereocenters. The van der Waals surface area contributed by atoms with Crippen LogP contribution in [-0.4, -0.2) is 25.0 Å². The zero-order valence-corrected chi connectivity index (χ0v) is 9.90. The van der Waals surface area contributed by atoms with E-state index in [1.165, 1.54) is 7.11 Å². The fourth-order valence-corrected chi connectivity index (χ4v) is 1.41. The summed E-state index contributed by atoms with van der Waals surface area (Å²) in [6.45, 7) is 1.71. The van der Waals surface area contributed by atoms with E-state index in [0.717, 1.165) is 11.3 Å². The fourth-order valence-electron chi connectivity index (χ4n) is 1.41. The predicted molar refractivity (Wildman–Crippen MR) is 64.4 cm³/mol. The molecule has 0 saturated carbocycles. The number of nitrogens with two attached hydrogens (primary N) is 1. The van der Waals surface area contributed by atoms with Gasteiger partial charge in [0.25, 0.3) is 0 Å². The number of carbonyl (C=O) groups excluding carboxylic acids is 2. The first-order valence-electron chi connectivity index (χ1n) is 5.24. The highest BCUT2D eigenvalue weighted by atomic mass is 16.5. The molecule has 0 radical (unpaired) electrons. The summed E-state index contributed by atoms with van der Waals surface area (Å²) in [6.07, 6.45) is 0.215. The van der Waals surface area contributed by atoms with E-state index in [9.17, 15) is 9.59 Å². The molecular formula is C12H16N2O3.